The van der Waals surface area contributed by atoms with Crippen LogP contribution in [-0.2, 0) is 9.53 Å². The Labute approximate surface area is 86.7 Å². The second kappa shape index (κ2) is 4.91. The summed E-state index contributed by atoms with van der Waals surface area (Å²) in [6, 6.07) is 3.59. The molecule has 0 radical (unpaired) electrons. The van der Waals surface area contributed by atoms with Crippen LogP contribution in [0, 0.1) is 5.92 Å². The standard InChI is InChI=1S/C10H12O3S/c1-7(6-9(11)13-2)10(12)8-4-3-5-14-8/h3-5,7H,6H2,1-2H3. The van der Waals surface area contributed by atoms with Crippen LogP contribution in [-0.4, -0.2) is 18.9 Å². The van der Waals surface area contributed by atoms with Gasteiger partial charge in [-0.15, -0.1) is 11.3 Å². The van der Waals surface area contributed by atoms with Gasteiger partial charge in [0.1, 0.15) is 0 Å². The average Bonchev–Trinajstić information content (AvgIpc) is 2.69. The first kappa shape index (κ1) is 10.9. The molecule has 0 aliphatic carbocycles. The number of Topliss-reactive ketones (excluding diaryl/α,β-unsaturated/α-hetero) is 1. The summed E-state index contributed by atoms with van der Waals surface area (Å²) in [6.45, 7) is 1.74. The molecule has 1 unspecified atom stereocenters. The summed E-state index contributed by atoms with van der Waals surface area (Å²) in [7, 11) is 1.32. The highest BCUT2D eigenvalue weighted by atomic mass is 32.1. The van der Waals surface area contributed by atoms with Gasteiger partial charge in [0, 0.05) is 5.92 Å². The monoisotopic (exact) mass is 212 g/mol. The summed E-state index contributed by atoms with van der Waals surface area (Å²) >= 11 is 1.39. The van der Waals surface area contributed by atoms with Crippen molar-refractivity contribution in [3.8, 4) is 0 Å². The van der Waals surface area contributed by atoms with Crippen LogP contribution in [0.3, 0.4) is 0 Å². The molecule has 0 spiro atoms. The Morgan fingerprint density at radius 1 is 1.57 bits per heavy atom. The molecule has 14 heavy (non-hydrogen) atoms. The van der Waals surface area contributed by atoms with E-state index in [4.69, 9.17) is 0 Å². The number of methoxy groups -OCH3 is 1. The molecule has 1 aromatic heterocycles. The number of thiophene rings is 1. The Kier molecular flexibility index (Phi) is 3.83. The number of ketones is 1. The van der Waals surface area contributed by atoms with E-state index in [9.17, 15) is 9.59 Å². The third kappa shape index (κ3) is 2.67. The molecule has 0 saturated carbocycles. The summed E-state index contributed by atoms with van der Waals surface area (Å²) in [5, 5.41) is 1.85. The molecule has 0 saturated heterocycles. The average molecular weight is 212 g/mol. The largest absolute Gasteiger partial charge is 0.469 e. The van der Waals surface area contributed by atoms with Crippen molar-refractivity contribution < 1.29 is 14.3 Å². The number of hydrogen-bond acceptors (Lipinski definition) is 4. The third-order valence-electron chi connectivity index (χ3n) is 1.91. The Morgan fingerprint density at radius 3 is 2.79 bits per heavy atom. The minimum absolute atomic E-state index is 0.00500. The maximum absolute atomic E-state index is 11.7. The predicted molar refractivity (Wildman–Crippen MR) is 54.4 cm³/mol. The van der Waals surface area contributed by atoms with Crippen molar-refractivity contribution in [3.05, 3.63) is 22.4 Å². The molecule has 0 fully saturated rings. The zero-order valence-electron chi connectivity index (χ0n) is 8.15. The maximum Gasteiger partial charge on any atom is 0.306 e. The van der Waals surface area contributed by atoms with Crippen LogP contribution in [0.5, 0.6) is 0 Å². The molecule has 1 aromatic rings. The van der Waals surface area contributed by atoms with Crippen LogP contribution >= 0.6 is 11.3 Å². The SMILES string of the molecule is COC(=O)CC(C)C(=O)c1cccs1. The van der Waals surface area contributed by atoms with Crippen LogP contribution < -0.4 is 0 Å². The Morgan fingerprint density at radius 2 is 2.29 bits per heavy atom. The summed E-state index contributed by atoms with van der Waals surface area (Å²) in [4.78, 5) is 23.3. The van der Waals surface area contributed by atoms with E-state index in [-0.39, 0.29) is 24.1 Å². The van der Waals surface area contributed by atoms with Crippen molar-refractivity contribution in [2.24, 2.45) is 5.92 Å². The van der Waals surface area contributed by atoms with E-state index < -0.39 is 0 Å². The lowest BCUT2D eigenvalue weighted by Gasteiger charge is -2.06. The van der Waals surface area contributed by atoms with Gasteiger partial charge in [0.2, 0.25) is 0 Å². The van der Waals surface area contributed by atoms with Crippen LogP contribution in [0.4, 0.5) is 0 Å². The zero-order chi connectivity index (χ0) is 10.6. The van der Waals surface area contributed by atoms with Gasteiger partial charge in [-0.3, -0.25) is 9.59 Å². The van der Waals surface area contributed by atoms with Gasteiger partial charge in [-0.2, -0.15) is 0 Å². The van der Waals surface area contributed by atoms with Crippen molar-refractivity contribution in [1.82, 2.24) is 0 Å². The summed E-state index contributed by atoms with van der Waals surface area (Å²) < 4.78 is 4.50. The fourth-order valence-corrected chi connectivity index (χ4v) is 1.87. The molecule has 1 atom stereocenters. The van der Waals surface area contributed by atoms with Gasteiger partial charge in [-0.1, -0.05) is 13.0 Å². The fraction of sp³-hybridized carbons (Fsp3) is 0.400. The summed E-state index contributed by atoms with van der Waals surface area (Å²) in [5.41, 5.74) is 0. The molecule has 0 bridgehead atoms. The Hall–Kier alpha value is -1.16. The molecule has 0 aromatic carbocycles. The minimum atomic E-state index is -0.345. The molecule has 1 heterocycles. The van der Waals surface area contributed by atoms with Gasteiger partial charge < -0.3 is 4.74 Å². The molecule has 0 aliphatic rings. The van der Waals surface area contributed by atoms with Crippen molar-refractivity contribution in [1.29, 1.82) is 0 Å². The number of ether oxygens (including phenoxy) is 1. The molecule has 0 aliphatic heterocycles. The third-order valence-corrected chi connectivity index (χ3v) is 2.80. The van der Waals surface area contributed by atoms with E-state index in [1.54, 1.807) is 13.0 Å². The first-order chi connectivity index (χ1) is 6.65. The van der Waals surface area contributed by atoms with E-state index in [0.717, 1.165) is 0 Å². The van der Waals surface area contributed by atoms with Crippen molar-refractivity contribution >= 4 is 23.1 Å². The highest BCUT2D eigenvalue weighted by molar-refractivity contribution is 7.12. The lowest BCUT2D eigenvalue weighted by atomic mass is 10.0. The second-order valence-corrected chi connectivity index (χ2v) is 3.97. The topological polar surface area (TPSA) is 43.4 Å². The Bertz CT molecular complexity index is 316. The van der Waals surface area contributed by atoms with Gasteiger partial charge in [0.25, 0.3) is 0 Å². The number of carbonyl (C=O) groups excluding carboxylic acids is 2. The number of rotatable bonds is 4. The summed E-state index contributed by atoms with van der Waals surface area (Å²) in [5.74, 6) is -0.645. The predicted octanol–water partition coefficient (Wildman–Crippen LogP) is 2.13. The first-order valence-corrected chi connectivity index (χ1v) is 5.17. The molecular formula is C10H12O3S. The second-order valence-electron chi connectivity index (χ2n) is 3.02. The van der Waals surface area contributed by atoms with E-state index in [1.165, 1.54) is 18.4 Å². The molecule has 3 nitrogen and oxygen atoms in total. The van der Waals surface area contributed by atoms with E-state index in [0.29, 0.717) is 4.88 Å². The van der Waals surface area contributed by atoms with Gasteiger partial charge >= 0.3 is 5.97 Å². The normalized spacial score (nSPS) is 12.1. The summed E-state index contributed by atoms with van der Waals surface area (Å²) in [6.07, 6.45) is 0.146. The molecule has 76 valence electrons. The molecule has 1 rings (SSSR count). The molecule has 4 heteroatoms. The van der Waals surface area contributed by atoms with Gasteiger partial charge in [0.15, 0.2) is 5.78 Å². The number of esters is 1. The number of hydrogen-bond donors (Lipinski definition) is 0. The van der Waals surface area contributed by atoms with Crippen molar-refractivity contribution in [2.75, 3.05) is 7.11 Å². The van der Waals surface area contributed by atoms with Crippen LogP contribution in [0.25, 0.3) is 0 Å². The van der Waals surface area contributed by atoms with Crippen LogP contribution in [0.1, 0.15) is 23.0 Å². The Balaban J connectivity index is 2.58. The smallest absolute Gasteiger partial charge is 0.306 e. The quantitative estimate of drug-likeness (QED) is 0.567. The van der Waals surface area contributed by atoms with Crippen molar-refractivity contribution in [2.45, 2.75) is 13.3 Å². The van der Waals surface area contributed by atoms with Gasteiger partial charge in [-0.25, -0.2) is 0 Å². The lowest BCUT2D eigenvalue weighted by molar-refractivity contribution is -0.141. The maximum atomic E-state index is 11.7. The van der Waals surface area contributed by atoms with Crippen LogP contribution in [0.15, 0.2) is 17.5 Å². The fourth-order valence-electron chi connectivity index (χ4n) is 1.09. The van der Waals surface area contributed by atoms with E-state index >= 15 is 0 Å². The highest BCUT2D eigenvalue weighted by Crippen LogP contribution is 2.16. The van der Waals surface area contributed by atoms with Crippen molar-refractivity contribution in [3.63, 3.8) is 0 Å². The minimum Gasteiger partial charge on any atom is -0.469 e. The van der Waals surface area contributed by atoms with E-state index in [1.807, 2.05) is 11.4 Å². The molecule has 0 amide bonds. The van der Waals surface area contributed by atoms with Crippen LogP contribution in [0.2, 0.25) is 0 Å². The zero-order valence-corrected chi connectivity index (χ0v) is 8.97. The lowest BCUT2D eigenvalue weighted by Crippen LogP contribution is -2.15. The number of carbonyl (C=O) groups is 2. The molecular weight excluding hydrogens is 200 g/mol. The first-order valence-electron chi connectivity index (χ1n) is 4.29. The van der Waals surface area contributed by atoms with E-state index in [2.05, 4.69) is 4.74 Å². The highest BCUT2D eigenvalue weighted by Gasteiger charge is 2.19. The van der Waals surface area contributed by atoms with Gasteiger partial charge in [0.05, 0.1) is 18.4 Å². The molecule has 0 N–H and O–H groups in total. The van der Waals surface area contributed by atoms with Gasteiger partial charge in [-0.05, 0) is 11.4 Å².